The molecule has 0 amide bonds. The zero-order chi connectivity index (χ0) is 8.10. The Morgan fingerprint density at radius 3 is 2.45 bits per heavy atom. The summed E-state index contributed by atoms with van der Waals surface area (Å²) in [6, 6.07) is 8.10. The third-order valence-corrected chi connectivity index (χ3v) is 1.95. The molecular weight excluding hydrogens is 206 g/mol. The van der Waals surface area contributed by atoms with Gasteiger partial charge in [0, 0.05) is 4.47 Å². The van der Waals surface area contributed by atoms with Gasteiger partial charge >= 0.3 is 0 Å². The molecule has 0 heterocycles. The molecule has 1 rings (SSSR count). The van der Waals surface area contributed by atoms with E-state index in [0.717, 1.165) is 10.9 Å². The lowest BCUT2D eigenvalue weighted by Crippen LogP contribution is -2.03. The minimum absolute atomic E-state index is 0.571. The fourth-order valence-electron chi connectivity index (χ4n) is 0.828. The van der Waals surface area contributed by atoms with Crippen molar-refractivity contribution >= 4 is 15.9 Å². The Kier molecular flexibility index (Phi) is 3.56. The van der Waals surface area contributed by atoms with Gasteiger partial charge in [0.2, 0.25) is 0 Å². The number of hydrogen-bond acceptors (Lipinski definition) is 2. The monoisotopic (exact) mass is 215 g/mol. The zero-order valence-corrected chi connectivity index (χ0v) is 7.67. The number of halogens is 1. The Labute approximate surface area is 74.4 Å². The van der Waals surface area contributed by atoms with Crippen LogP contribution in [0.4, 0.5) is 0 Å². The SMILES string of the molecule is NOCCc1ccc(Br)cc1. The van der Waals surface area contributed by atoms with Crippen LogP contribution < -0.4 is 5.90 Å². The van der Waals surface area contributed by atoms with Crippen molar-refractivity contribution < 1.29 is 4.84 Å². The van der Waals surface area contributed by atoms with Crippen molar-refractivity contribution in [2.24, 2.45) is 5.90 Å². The van der Waals surface area contributed by atoms with Crippen LogP contribution in [0, 0.1) is 0 Å². The second-order valence-electron chi connectivity index (χ2n) is 2.25. The highest BCUT2D eigenvalue weighted by Crippen LogP contribution is 2.10. The molecule has 0 aliphatic carbocycles. The number of rotatable bonds is 3. The lowest BCUT2D eigenvalue weighted by atomic mass is 10.2. The van der Waals surface area contributed by atoms with Gasteiger partial charge < -0.3 is 4.84 Å². The van der Waals surface area contributed by atoms with Crippen LogP contribution in [0.2, 0.25) is 0 Å². The second kappa shape index (κ2) is 4.49. The third kappa shape index (κ3) is 3.01. The number of nitrogens with two attached hydrogens (primary N) is 1. The molecular formula is C8H10BrNO. The van der Waals surface area contributed by atoms with E-state index < -0.39 is 0 Å². The van der Waals surface area contributed by atoms with Crippen LogP contribution in [0.25, 0.3) is 0 Å². The van der Waals surface area contributed by atoms with Crippen LogP contribution in [0.15, 0.2) is 28.7 Å². The molecule has 3 heteroatoms. The van der Waals surface area contributed by atoms with Gasteiger partial charge in [0.15, 0.2) is 0 Å². The summed E-state index contributed by atoms with van der Waals surface area (Å²) in [5, 5.41) is 0. The molecule has 0 fully saturated rings. The van der Waals surface area contributed by atoms with Gasteiger partial charge in [-0.05, 0) is 24.1 Å². The molecule has 0 bridgehead atoms. The molecule has 0 saturated heterocycles. The zero-order valence-electron chi connectivity index (χ0n) is 6.09. The number of hydrogen-bond donors (Lipinski definition) is 1. The molecule has 0 unspecified atom stereocenters. The average Bonchev–Trinajstić information content (AvgIpc) is 2.04. The molecule has 2 N–H and O–H groups in total. The highest BCUT2D eigenvalue weighted by atomic mass is 79.9. The summed E-state index contributed by atoms with van der Waals surface area (Å²) in [6.45, 7) is 0.571. The summed E-state index contributed by atoms with van der Waals surface area (Å²) in [7, 11) is 0. The van der Waals surface area contributed by atoms with Crippen molar-refractivity contribution in [3.63, 3.8) is 0 Å². The van der Waals surface area contributed by atoms with E-state index in [9.17, 15) is 0 Å². The van der Waals surface area contributed by atoms with Gasteiger partial charge in [-0.15, -0.1) is 0 Å². The van der Waals surface area contributed by atoms with Crippen LogP contribution >= 0.6 is 15.9 Å². The smallest absolute Gasteiger partial charge is 0.0719 e. The van der Waals surface area contributed by atoms with E-state index in [1.165, 1.54) is 5.56 Å². The molecule has 1 aromatic rings. The van der Waals surface area contributed by atoms with Crippen molar-refractivity contribution in [3.05, 3.63) is 34.3 Å². The fraction of sp³-hybridized carbons (Fsp3) is 0.250. The van der Waals surface area contributed by atoms with E-state index in [1.807, 2.05) is 24.3 Å². The summed E-state index contributed by atoms with van der Waals surface area (Å²) < 4.78 is 1.09. The van der Waals surface area contributed by atoms with E-state index in [2.05, 4.69) is 20.8 Å². The standard InChI is InChI=1S/C8H10BrNO/c9-8-3-1-7(2-4-8)5-6-11-10/h1-4H,5-6,10H2. The summed E-state index contributed by atoms with van der Waals surface area (Å²) in [6.07, 6.45) is 0.865. The normalized spacial score (nSPS) is 10.0. The first-order valence-electron chi connectivity index (χ1n) is 3.39. The largest absolute Gasteiger partial charge is 0.304 e. The molecule has 11 heavy (non-hydrogen) atoms. The quantitative estimate of drug-likeness (QED) is 0.783. The first-order valence-corrected chi connectivity index (χ1v) is 4.18. The summed E-state index contributed by atoms with van der Waals surface area (Å²) >= 11 is 3.36. The highest BCUT2D eigenvalue weighted by Gasteiger charge is 1.91. The Morgan fingerprint density at radius 2 is 1.91 bits per heavy atom. The molecule has 60 valence electrons. The predicted octanol–water partition coefficient (Wildman–Crippen LogP) is 1.88. The third-order valence-electron chi connectivity index (χ3n) is 1.42. The molecule has 1 aromatic carbocycles. The summed E-state index contributed by atoms with van der Waals surface area (Å²) in [5.74, 6) is 4.90. The maximum atomic E-state index is 4.90. The van der Waals surface area contributed by atoms with Crippen molar-refractivity contribution in [2.45, 2.75) is 6.42 Å². The lowest BCUT2D eigenvalue weighted by Gasteiger charge is -1.98. The van der Waals surface area contributed by atoms with Crippen molar-refractivity contribution in [3.8, 4) is 0 Å². The molecule has 0 radical (unpaired) electrons. The van der Waals surface area contributed by atoms with Crippen molar-refractivity contribution in [1.82, 2.24) is 0 Å². The van der Waals surface area contributed by atoms with Gasteiger partial charge in [-0.2, -0.15) is 0 Å². The van der Waals surface area contributed by atoms with Crippen molar-refractivity contribution in [2.75, 3.05) is 6.61 Å². The van der Waals surface area contributed by atoms with E-state index >= 15 is 0 Å². The van der Waals surface area contributed by atoms with Crippen LogP contribution in [-0.2, 0) is 11.3 Å². The van der Waals surface area contributed by atoms with Gasteiger partial charge in [-0.25, -0.2) is 5.90 Å². The predicted molar refractivity (Wildman–Crippen MR) is 48.0 cm³/mol. The average molecular weight is 216 g/mol. The fourth-order valence-corrected chi connectivity index (χ4v) is 1.09. The van der Waals surface area contributed by atoms with E-state index in [-0.39, 0.29) is 0 Å². The Bertz CT molecular complexity index is 210. The minimum atomic E-state index is 0.571. The Hall–Kier alpha value is -0.380. The van der Waals surface area contributed by atoms with Gasteiger partial charge in [-0.3, -0.25) is 0 Å². The van der Waals surface area contributed by atoms with Gasteiger partial charge in [0.1, 0.15) is 0 Å². The van der Waals surface area contributed by atoms with Gasteiger partial charge in [0.25, 0.3) is 0 Å². The number of benzene rings is 1. The molecule has 0 aliphatic rings. The summed E-state index contributed by atoms with van der Waals surface area (Å²) in [5.41, 5.74) is 1.23. The summed E-state index contributed by atoms with van der Waals surface area (Å²) in [4.78, 5) is 4.46. The maximum Gasteiger partial charge on any atom is 0.0719 e. The molecule has 0 aromatic heterocycles. The van der Waals surface area contributed by atoms with E-state index in [0.29, 0.717) is 6.61 Å². The van der Waals surface area contributed by atoms with Gasteiger partial charge in [0.05, 0.1) is 6.61 Å². The maximum absolute atomic E-state index is 4.90. The second-order valence-corrected chi connectivity index (χ2v) is 3.16. The molecule has 0 aliphatic heterocycles. The Morgan fingerprint density at radius 1 is 1.27 bits per heavy atom. The lowest BCUT2D eigenvalue weighted by molar-refractivity contribution is 0.141. The van der Waals surface area contributed by atoms with Crippen LogP contribution in [0.3, 0.4) is 0 Å². The first-order chi connectivity index (χ1) is 5.33. The van der Waals surface area contributed by atoms with E-state index in [1.54, 1.807) is 0 Å². The Balaban J connectivity index is 2.52. The molecule has 2 nitrogen and oxygen atoms in total. The van der Waals surface area contributed by atoms with Gasteiger partial charge in [-0.1, -0.05) is 28.1 Å². The topological polar surface area (TPSA) is 35.2 Å². The van der Waals surface area contributed by atoms with Crippen LogP contribution in [-0.4, -0.2) is 6.61 Å². The van der Waals surface area contributed by atoms with Crippen LogP contribution in [0.1, 0.15) is 5.56 Å². The molecule has 0 spiro atoms. The van der Waals surface area contributed by atoms with Crippen LogP contribution in [0.5, 0.6) is 0 Å². The highest BCUT2D eigenvalue weighted by molar-refractivity contribution is 9.10. The molecule has 0 atom stereocenters. The minimum Gasteiger partial charge on any atom is -0.304 e. The first kappa shape index (κ1) is 8.71. The van der Waals surface area contributed by atoms with E-state index in [4.69, 9.17) is 5.90 Å². The van der Waals surface area contributed by atoms with Crippen molar-refractivity contribution in [1.29, 1.82) is 0 Å². The molecule has 0 saturated carbocycles.